The highest BCUT2D eigenvalue weighted by Gasteiger charge is 2.53. The molecular formula is C26H32N4O3. The molecule has 3 aliphatic rings. The van der Waals surface area contributed by atoms with E-state index in [1.165, 1.54) is 0 Å². The molecule has 1 aromatic heterocycles. The molecule has 0 bridgehead atoms. The van der Waals surface area contributed by atoms with Crippen LogP contribution in [0.5, 0.6) is 0 Å². The Hall–Kier alpha value is -2.77. The SMILES string of the molecule is O=C(NCc1cccnc1)[C@@H]1C[C@@H](O)CN1C1CCN(C(=O)C2(c3ccccc3)CC2)CC1. The summed E-state index contributed by atoms with van der Waals surface area (Å²) < 4.78 is 0. The van der Waals surface area contributed by atoms with Crippen LogP contribution < -0.4 is 5.32 Å². The van der Waals surface area contributed by atoms with Gasteiger partial charge in [0.25, 0.3) is 0 Å². The highest BCUT2D eigenvalue weighted by Crippen LogP contribution is 2.49. The lowest BCUT2D eigenvalue weighted by molar-refractivity contribution is -0.136. The van der Waals surface area contributed by atoms with Crippen molar-refractivity contribution < 1.29 is 14.7 Å². The molecule has 0 spiro atoms. The zero-order chi connectivity index (χ0) is 22.8. The maximum absolute atomic E-state index is 13.4. The highest BCUT2D eigenvalue weighted by molar-refractivity contribution is 5.91. The van der Waals surface area contributed by atoms with E-state index in [4.69, 9.17) is 0 Å². The van der Waals surface area contributed by atoms with Gasteiger partial charge in [-0.05, 0) is 49.3 Å². The molecule has 5 rings (SSSR count). The Balaban J connectivity index is 1.18. The summed E-state index contributed by atoms with van der Waals surface area (Å²) in [6.07, 6.45) is 6.92. The number of rotatable bonds is 6. The molecule has 174 valence electrons. The van der Waals surface area contributed by atoms with Crippen LogP contribution in [0.2, 0.25) is 0 Å². The Morgan fingerprint density at radius 3 is 2.52 bits per heavy atom. The second-order valence-corrected chi connectivity index (χ2v) is 9.65. The lowest BCUT2D eigenvalue weighted by Gasteiger charge is -2.40. The number of piperidine rings is 1. The first-order valence-corrected chi connectivity index (χ1v) is 12.0. The van der Waals surface area contributed by atoms with Crippen LogP contribution >= 0.6 is 0 Å². The fraction of sp³-hybridized carbons (Fsp3) is 0.500. The van der Waals surface area contributed by atoms with Crippen molar-refractivity contribution in [1.29, 1.82) is 0 Å². The average Bonchev–Trinajstić information content (AvgIpc) is 3.59. The minimum absolute atomic E-state index is 0.0464. The van der Waals surface area contributed by atoms with Gasteiger partial charge in [-0.15, -0.1) is 0 Å². The maximum Gasteiger partial charge on any atom is 0.237 e. The summed E-state index contributed by atoms with van der Waals surface area (Å²) in [7, 11) is 0. The first kappa shape index (κ1) is 22.0. The van der Waals surface area contributed by atoms with Gasteiger partial charge in [0.15, 0.2) is 0 Å². The smallest absolute Gasteiger partial charge is 0.237 e. The van der Waals surface area contributed by atoms with Gasteiger partial charge < -0.3 is 15.3 Å². The quantitative estimate of drug-likeness (QED) is 0.705. The number of carbonyl (C=O) groups is 2. The minimum atomic E-state index is -0.494. The fourth-order valence-electron chi connectivity index (χ4n) is 5.52. The summed E-state index contributed by atoms with van der Waals surface area (Å²) in [6, 6.07) is 13.8. The number of benzene rings is 1. The third kappa shape index (κ3) is 4.52. The molecule has 3 fully saturated rings. The van der Waals surface area contributed by atoms with E-state index in [-0.39, 0.29) is 29.3 Å². The molecule has 2 N–H and O–H groups in total. The number of nitrogens with zero attached hydrogens (tertiary/aromatic N) is 3. The highest BCUT2D eigenvalue weighted by atomic mass is 16.3. The molecule has 2 atom stereocenters. The molecule has 33 heavy (non-hydrogen) atoms. The predicted molar refractivity (Wildman–Crippen MR) is 124 cm³/mol. The molecule has 1 saturated carbocycles. The number of nitrogens with one attached hydrogen (secondary N) is 1. The number of pyridine rings is 1. The summed E-state index contributed by atoms with van der Waals surface area (Å²) in [6.45, 7) is 2.35. The normalized spacial score (nSPS) is 25.1. The van der Waals surface area contributed by atoms with Crippen molar-refractivity contribution in [2.75, 3.05) is 19.6 Å². The molecule has 2 amide bonds. The topological polar surface area (TPSA) is 85.8 Å². The van der Waals surface area contributed by atoms with Gasteiger partial charge in [-0.25, -0.2) is 0 Å². The summed E-state index contributed by atoms with van der Waals surface area (Å²) in [5.41, 5.74) is 1.76. The van der Waals surface area contributed by atoms with Crippen molar-refractivity contribution in [3.8, 4) is 0 Å². The number of aliphatic hydroxyl groups excluding tert-OH is 1. The van der Waals surface area contributed by atoms with Crippen LogP contribution in [-0.4, -0.2) is 69.5 Å². The first-order chi connectivity index (χ1) is 16.1. The number of β-amino-alcohol motifs (C(OH)–C–C–N with tert-alkyl or cyclic N) is 1. The third-order valence-corrected chi connectivity index (χ3v) is 7.52. The molecule has 2 aromatic rings. The molecule has 1 aromatic carbocycles. The van der Waals surface area contributed by atoms with Crippen molar-refractivity contribution in [2.24, 2.45) is 0 Å². The Morgan fingerprint density at radius 2 is 1.85 bits per heavy atom. The predicted octanol–water partition coefficient (Wildman–Crippen LogP) is 1.86. The van der Waals surface area contributed by atoms with E-state index in [0.29, 0.717) is 32.6 Å². The van der Waals surface area contributed by atoms with Crippen LogP contribution in [0, 0.1) is 0 Å². The molecule has 7 heteroatoms. The van der Waals surface area contributed by atoms with Gasteiger partial charge >= 0.3 is 0 Å². The standard InChI is InChI=1S/C26H32N4O3/c31-22-15-23(24(32)28-17-19-5-4-12-27-16-19)30(18-22)21-8-13-29(14-9-21)25(33)26(10-11-26)20-6-2-1-3-7-20/h1-7,12,16,21-23,31H,8-11,13-15,17-18H2,(H,28,32)/t22-,23+/m1/s1. The van der Waals surface area contributed by atoms with E-state index in [2.05, 4.69) is 27.3 Å². The van der Waals surface area contributed by atoms with Crippen LogP contribution in [0.1, 0.15) is 43.2 Å². The number of likely N-dealkylation sites (tertiary alicyclic amines) is 2. The minimum Gasteiger partial charge on any atom is -0.392 e. The third-order valence-electron chi connectivity index (χ3n) is 7.52. The fourth-order valence-corrected chi connectivity index (χ4v) is 5.52. The molecule has 2 aliphatic heterocycles. The van der Waals surface area contributed by atoms with Gasteiger partial charge in [-0.3, -0.25) is 19.5 Å². The summed E-state index contributed by atoms with van der Waals surface area (Å²) in [5.74, 6) is 0.203. The Morgan fingerprint density at radius 1 is 1.09 bits per heavy atom. The van der Waals surface area contributed by atoms with E-state index < -0.39 is 6.10 Å². The summed E-state index contributed by atoms with van der Waals surface area (Å²) in [4.78, 5) is 34.6. The van der Waals surface area contributed by atoms with Crippen LogP contribution in [-0.2, 0) is 21.5 Å². The van der Waals surface area contributed by atoms with E-state index in [0.717, 1.165) is 36.8 Å². The molecule has 0 unspecified atom stereocenters. The van der Waals surface area contributed by atoms with Gasteiger partial charge in [0, 0.05) is 44.6 Å². The van der Waals surface area contributed by atoms with Crippen molar-refractivity contribution in [2.45, 2.75) is 62.3 Å². The van der Waals surface area contributed by atoms with Crippen molar-refractivity contribution >= 4 is 11.8 Å². The monoisotopic (exact) mass is 448 g/mol. The summed E-state index contributed by atoms with van der Waals surface area (Å²) in [5, 5.41) is 13.3. The van der Waals surface area contributed by atoms with E-state index in [1.807, 2.05) is 35.2 Å². The van der Waals surface area contributed by atoms with Crippen molar-refractivity contribution in [1.82, 2.24) is 20.1 Å². The van der Waals surface area contributed by atoms with Crippen molar-refractivity contribution in [3.63, 3.8) is 0 Å². The molecule has 1 aliphatic carbocycles. The zero-order valence-electron chi connectivity index (χ0n) is 18.9. The molecule has 2 saturated heterocycles. The second kappa shape index (κ2) is 9.23. The second-order valence-electron chi connectivity index (χ2n) is 9.65. The number of amides is 2. The molecule has 7 nitrogen and oxygen atoms in total. The lowest BCUT2D eigenvalue weighted by atomic mass is 9.92. The number of aliphatic hydroxyl groups is 1. The van der Waals surface area contributed by atoms with Crippen LogP contribution in [0.3, 0.4) is 0 Å². The number of aromatic nitrogens is 1. The van der Waals surface area contributed by atoms with Gasteiger partial charge in [-0.2, -0.15) is 0 Å². The zero-order valence-corrected chi connectivity index (χ0v) is 18.9. The average molecular weight is 449 g/mol. The molecular weight excluding hydrogens is 416 g/mol. The van der Waals surface area contributed by atoms with E-state index in [1.54, 1.807) is 12.4 Å². The van der Waals surface area contributed by atoms with Gasteiger partial charge in [-0.1, -0.05) is 36.4 Å². The summed E-state index contributed by atoms with van der Waals surface area (Å²) >= 11 is 0. The van der Waals surface area contributed by atoms with Crippen molar-refractivity contribution in [3.05, 3.63) is 66.0 Å². The Labute approximate surface area is 194 Å². The number of hydrogen-bond acceptors (Lipinski definition) is 5. The van der Waals surface area contributed by atoms with Gasteiger partial charge in [0.05, 0.1) is 17.6 Å². The van der Waals surface area contributed by atoms with Crippen LogP contribution in [0.25, 0.3) is 0 Å². The van der Waals surface area contributed by atoms with Crippen LogP contribution in [0.15, 0.2) is 54.9 Å². The van der Waals surface area contributed by atoms with E-state index >= 15 is 0 Å². The number of carbonyl (C=O) groups excluding carboxylic acids is 2. The molecule has 0 radical (unpaired) electrons. The lowest BCUT2D eigenvalue weighted by Crippen LogP contribution is -2.53. The molecule has 3 heterocycles. The van der Waals surface area contributed by atoms with Gasteiger partial charge in [0.1, 0.15) is 0 Å². The Bertz CT molecular complexity index is 972. The first-order valence-electron chi connectivity index (χ1n) is 12.0. The number of hydrogen-bond donors (Lipinski definition) is 2. The van der Waals surface area contributed by atoms with Crippen LogP contribution in [0.4, 0.5) is 0 Å². The largest absolute Gasteiger partial charge is 0.392 e. The Kier molecular flexibility index (Phi) is 6.17. The van der Waals surface area contributed by atoms with Gasteiger partial charge in [0.2, 0.25) is 11.8 Å². The van der Waals surface area contributed by atoms with E-state index in [9.17, 15) is 14.7 Å². The maximum atomic E-state index is 13.4.